The zero-order valence-electron chi connectivity index (χ0n) is 17.2. The lowest BCUT2D eigenvalue weighted by molar-refractivity contribution is 0.0903. The van der Waals surface area contributed by atoms with Gasteiger partial charge in [0.25, 0.3) is 0 Å². The van der Waals surface area contributed by atoms with Crippen LogP contribution in [0.2, 0.25) is 0 Å². The van der Waals surface area contributed by atoms with Crippen LogP contribution in [-0.4, -0.2) is 17.5 Å². The molecule has 3 aromatic rings. The van der Waals surface area contributed by atoms with E-state index in [2.05, 4.69) is 11.8 Å². The summed E-state index contributed by atoms with van der Waals surface area (Å²) in [4.78, 5) is 14.7. The van der Waals surface area contributed by atoms with Gasteiger partial charge in [-0.05, 0) is 61.6 Å². The zero-order chi connectivity index (χ0) is 20.2. The molecule has 0 radical (unpaired) electrons. The number of ether oxygens (including phenoxy) is 1. The SMILES string of the molecule is CCOc1ccc2oc(=O)cc(CN(Cc3ccco3)[C@@H]3CCCC[C@H]3C)c2c1. The van der Waals surface area contributed by atoms with E-state index in [1.165, 1.54) is 25.7 Å². The molecule has 0 aliphatic heterocycles. The molecule has 1 aliphatic rings. The molecule has 29 heavy (non-hydrogen) atoms. The van der Waals surface area contributed by atoms with E-state index in [0.29, 0.717) is 30.7 Å². The Morgan fingerprint density at radius 2 is 2.00 bits per heavy atom. The van der Waals surface area contributed by atoms with Crippen molar-refractivity contribution >= 4 is 11.0 Å². The molecule has 154 valence electrons. The summed E-state index contributed by atoms with van der Waals surface area (Å²) in [5, 5.41) is 0.934. The normalized spacial score (nSPS) is 19.7. The molecule has 0 amide bonds. The molecule has 0 bridgehead atoms. The van der Waals surface area contributed by atoms with E-state index in [1.54, 1.807) is 12.3 Å². The van der Waals surface area contributed by atoms with Gasteiger partial charge in [0, 0.05) is 24.0 Å². The van der Waals surface area contributed by atoms with Crippen LogP contribution < -0.4 is 10.4 Å². The average molecular weight is 395 g/mol. The average Bonchev–Trinajstić information content (AvgIpc) is 3.21. The summed E-state index contributed by atoms with van der Waals surface area (Å²) in [5.74, 6) is 2.35. The molecule has 0 N–H and O–H groups in total. The smallest absolute Gasteiger partial charge is 0.336 e. The predicted octanol–water partition coefficient (Wildman–Crippen LogP) is 5.37. The van der Waals surface area contributed by atoms with Crippen molar-refractivity contribution in [3.8, 4) is 5.75 Å². The fraction of sp³-hybridized carbons (Fsp3) is 0.458. The first-order valence-corrected chi connectivity index (χ1v) is 10.6. The number of fused-ring (bicyclic) bond motifs is 1. The summed E-state index contributed by atoms with van der Waals surface area (Å²) < 4.78 is 16.8. The van der Waals surface area contributed by atoms with Crippen molar-refractivity contribution in [2.24, 2.45) is 5.92 Å². The highest BCUT2D eigenvalue weighted by atomic mass is 16.5. The third-order valence-corrected chi connectivity index (χ3v) is 5.96. The van der Waals surface area contributed by atoms with Crippen molar-refractivity contribution in [3.05, 3.63) is 64.4 Å². The first-order chi connectivity index (χ1) is 14.1. The molecule has 1 saturated carbocycles. The number of hydrogen-bond donors (Lipinski definition) is 0. The fourth-order valence-corrected chi connectivity index (χ4v) is 4.55. The molecule has 2 atom stereocenters. The molecule has 0 spiro atoms. The summed E-state index contributed by atoms with van der Waals surface area (Å²) in [6, 6.07) is 11.7. The lowest BCUT2D eigenvalue weighted by Crippen LogP contribution is -2.40. The molecule has 2 heterocycles. The molecule has 1 fully saturated rings. The van der Waals surface area contributed by atoms with Gasteiger partial charge in [0.15, 0.2) is 0 Å². The third-order valence-electron chi connectivity index (χ3n) is 5.96. The molecule has 0 saturated heterocycles. The molecule has 0 unspecified atom stereocenters. The number of benzene rings is 1. The van der Waals surface area contributed by atoms with Crippen LogP contribution in [0, 0.1) is 5.92 Å². The molecule has 5 nitrogen and oxygen atoms in total. The van der Waals surface area contributed by atoms with Gasteiger partial charge in [0.1, 0.15) is 17.1 Å². The van der Waals surface area contributed by atoms with Gasteiger partial charge in [-0.15, -0.1) is 0 Å². The van der Waals surface area contributed by atoms with Crippen LogP contribution in [0.4, 0.5) is 0 Å². The maximum absolute atomic E-state index is 12.2. The van der Waals surface area contributed by atoms with Gasteiger partial charge in [-0.3, -0.25) is 4.90 Å². The van der Waals surface area contributed by atoms with E-state index in [4.69, 9.17) is 13.6 Å². The monoisotopic (exact) mass is 395 g/mol. The van der Waals surface area contributed by atoms with Crippen LogP contribution in [0.15, 0.2) is 56.3 Å². The maximum atomic E-state index is 12.2. The second-order valence-electron chi connectivity index (χ2n) is 8.00. The molecule has 5 heteroatoms. The Bertz CT molecular complexity index is 992. The van der Waals surface area contributed by atoms with E-state index >= 15 is 0 Å². The van der Waals surface area contributed by atoms with Crippen molar-refractivity contribution in [3.63, 3.8) is 0 Å². The Labute approximate surface area is 171 Å². The van der Waals surface area contributed by atoms with E-state index < -0.39 is 0 Å². The van der Waals surface area contributed by atoms with E-state index in [-0.39, 0.29) is 5.63 Å². The van der Waals surface area contributed by atoms with Crippen LogP contribution in [0.25, 0.3) is 11.0 Å². The Morgan fingerprint density at radius 1 is 1.14 bits per heavy atom. The Morgan fingerprint density at radius 3 is 2.76 bits per heavy atom. The van der Waals surface area contributed by atoms with Gasteiger partial charge in [0.2, 0.25) is 0 Å². The van der Waals surface area contributed by atoms with E-state index in [1.807, 2.05) is 37.3 Å². The number of hydrogen-bond acceptors (Lipinski definition) is 5. The standard InChI is InChI=1S/C24H29NO4/c1-3-27-19-10-11-23-21(14-19)18(13-24(26)29-23)15-25(16-20-8-6-12-28-20)22-9-5-4-7-17(22)2/h6,8,10-14,17,22H,3-5,7,9,15-16H2,1-2H3/t17-,22-/m1/s1. The van der Waals surface area contributed by atoms with Crippen molar-refractivity contribution in [1.29, 1.82) is 0 Å². The lowest BCUT2D eigenvalue weighted by atomic mass is 9.84. The highest BCUT2D eigenvalue weighted by Gasteiger charge is 2.28. The fourth-order valence-electron chi connectivity index (χ4n) is 4.55. The first-order valence-electron chi connectivity index (χ1n) is 10.6. The zero-order valence-corrected chi connectivity index (χ0v) is 17.2. The van der Waals surface area contributed by atoms with Crippen LogP contribution >= 0.6 is 0 Å². The number of rotatable bonds is 7. The maximum Gasteiger partial charge on any atom is 0.336 e. The van der Waals surface area contributed by atoms with Crippen molar-refractivity contribution in [2.75, 3.05) is 6.61 Å². The second-order valence-corrected chi connectivity index (χ2v) is 8.00. The van der Waals surface area contributed by atoms with Crippen molar-refractivity contribution in [1.82, 2.24) is 4.90 Å². The van der Waals surface area contributed by atoms with E-state index in [9.17, 15) is 4.79 Å². The summed E-state index contributed by atoms with van der Waals surface area (Å²) in [6.07, 6.45) is 6.67. The van der Waals surface area contributed by atoms with Gasteiger partial charge >= 0.3 is 5.63 Å². The molecular weight excluding hydrogens is 366 g/mol. The van der Waals surface area contributed by atoms with Crippen LogP contribution in [0.5, 0.6) is 5.75 Å². The van der Waals surface area contributed by atoms with Gasteiger partial charge in [-0.1, -0.05) is 19.8 Å². The van der Waals surface area contributed by atoms with Crippen LogP contribution in [-0.2, 0) is 13.1 Å². The number of nitrogens with zero attached hydrogens (tertiary/aromatic N) is 1. The summed E-state index contributed by atoms with van der Waals surface area (Å²) in [6.45, 7) is 6.31. The molecule has 1 aliphatic carbocycles. The summed E-state index contributed by atoms with van der Waals surface area (Å²) in [7, 11) is 0. The predicted molar refractivity (Wildman–Crippen MR) is 113 cm³/mol. The molecule has 4 rings (SSSR count). The minimum atomic E-state index is -0.314. The molecular formula is C24H29NO4. The Hall–Kier alpha value is -2.53. The van der Waals surface area contributed by atoms with Gasteiger partial charge in [-0.2, -0.15) is 0 Å². The quantitative estimate of drug-likeness (QED) is 0.504. The topological polar surface area (TPSA) is 55.8 Å². The highest BCUT2D eigenvalue weighted by molar-refractivity contribution is 5.81. The summed E-state index contributed by atoms with van der Waals surface area (Å²) >= 11 is 0. The summed E-state index contributed by atoms with van der Waals surface area (Å²) in [5.41, 5.74) is 1.26. The largest absolute Gasteiger partial charge is 0.494 e. The second kappa shape index (κ2) is 8.87. The third kappa shape index (κ3) is 4.56. The Balaban J connectivity index is 1.71. The molecule has 1 aromatic carbocycles. The Kier molecular flexibility index (Phi) is 6.05. The van der Waals surface area contributed by atoms with Gasteiger partial charge < -0.3 is 13.6 Å². The minimum absolute atomic E-state index is 0.314. The van der Waals surface area contributed by atoms with Crippen molar-refractivity contribution < 1.29 is 13.6 Å². The van der Waals surface area contributed by atoms with Crippen molar-refractivity contribution in [2.45, 2.75) is 58.7 Å². The molecule has 2 aromatic heterocycles. The minimum Gasteiger partial charge on any atom is -0.494 e. The first kappa shape index (κ1) is 19.8. The van der Waals surface area contributed by atoms with Gasteiger partial charge in [0.05, 0.1) is 19.4 Å². The van der Waals surface area contributed by atoms with Crippen LogP contribution in [0.1, 0.15) is 50.9 Å². The van der Waals surface area contributed by atoms with E-state index in [0.717, 1.165) is 29.0 Å². The van der Waals surface area contributed by atoms with Crippen LogP contribution in [0.3, 0.4) is 0 Å². The number of furan rings is 1. The highest BCUT2D eigenvalue weighted by Crippen LogP contribution is 2.32. The van der Waals surface area contributed by atoms with Gasteiger partial charge in [-0.25, -0.2) is 4.79 Å². The lowest BCUT2D eigenvalue weighted by Gasteiger charge is -2.38.